The van der Waals surface area contributed by atoms with Crippen molar-refractivity contribution in [2.45, 2.75) is 52.0 Å². The second-order valence-electron chi connectivity index (χ2n) is 5.28. The van der Waals surface area contributed by atoms with E-state index in [-0.39, 0.29) is 0 Å². The molecule has 0 fully saturated rings. The Morgan fingerprint density at radius 3 is 2.85 bits per heavy atom. The topological polar surface area (TPSA) is 57.4 Å². The lowest BCUT2D eigenvalue weighted by atomic mass is 9.95. The Hall–Kier alpha value is -1.13. The Labute approximate surface area is 121 Å². The molecule has 1 aliphatic rings. The smallest absolute Gasteiger partial charge is 0.218 e. The quantitative estimate of drug-likeness (QED) is 0.743. The number of aromatic nitrogens is 1. The number of ether oxygens (including phenoxy) is 2. The summed E-state index contributed by atoms with van der Waals surface area (Å²) in [5.74, 6) is 0.701. The normalized spacial score (nSPS) is 14.1. The number of rotatable bonds is 8. The Bertz CT molecular complexity index is 421. The molecular weight excluding hydrogens is 252 g/mol. The molecule has 1 aromatic heterocycles. The number of pyridine rings is 1. The fourth-order valence-electron chi connectivity index (χ4n) is 2.48. The number of hydrogen-bond acceptors (Lipinski definition) is 4. The Morgan fingerprint density at radius 2 is 2.05 bits per heavy atom. The molecule has 0 saturated carbocycles. The summed E-state index contributed by atoms with van der Waals surface area (Å²) in [7, 11) is 0. The number of nitrogens with two attached hydrogens (primary N) is 1. The first-order chi connectivity index (χ1) is 9.85. The lowest BCUT2D eigenvalue weighted by molar-refractivity contribution is 0.0960. The van der Waals surface area contributed by atoms with Crippen LogP contribution < -0.4 is 10.5 Å². The first kappa shape index (κ1) is 15.3. The van der Waals surface area contributed by atoms with E-state index in [9.17, 15) is 0 Å². The van der Waals surface area contributed by atoms with Gasteiger partial charge in [0.25, 0.3) is 0 Å². The van der Waals surface area contributed by atoms with E-state index in [2.05, 4.69) is 18.0 Å². The molecule has 0 aromatic carbocycles. The van der Waals surface area contributed by atoms with Crippen LogP contribution in [0.1, 0.15) is 49.4 Å². The van der Waals surface area contributed by atoms with Crippen molar-refractivity contribution in [2.24, 2.45) is 5.73 Å². The summed E-state index contributed by atoms with van der Waals surface area (Å²) >= 11 is 0. The minimum Gasteiger partial charge on any atom is -0.475 e. The highest BCUT2D eigenvalue weighted by molar-refractivity contribution is 5.35. The van der Waals surface area contributed by atoms with Gasteiger partial charge in [-0.05, 0) is 43.7 Å². The van der Waals surface area contributed by atoms with Crippen LogP contribution in [0.5, 0.6) is 5.88 Å². The highest BCUT2D eigenvalue weighted by atomic mass is 16.5. The Balaban J connectivity index is 1.89. The first-order valence-electron chi connectivity index (χ1n) is 7.77. The van der Waals surface area contributed by atoms with Gasteiger partial charge in [-0.25, -0.2) is 4.98 Å². The van der Waals surface area contributed by atoms with Crippen LogP contribution in [-0.2, 0) is 24.1 Å². The van der Waals surface area contributed by atoms with Crippen molar-refractivity contribution in [3.63, 3.8) is 0 Å². The monoisotopic (exact) mass is 278 g/mol. The molecule has 1 aromatic rings. The third-order valence-corrected chi connectivity index (χ3v) is 3.67. The zero-order valence-corrected chi connectivity index (χ0v) is 12.5. The number of fused-ring (bicyclic) bond motifs is 1. The van der Waals surface area contributed by atoms with Crippen LogP contribution in [0.25, 0.3) is 0 Å². The third-order valence-electron chi connectivity index (χ3n) is 3.67. The maximum Gasteiger partial charge on any atom is 0.218 e. The predicted molar refractivity (Wildman–Crippen MR) is 80.0 cm³/mol. The van der Waals surface area contributed by atoms with E-state index in [4.69, 9.17) is 15.2 Å². The highest BCUT2D eigenvalue weighted by Crippen LogP contribution is 2.25. The Morgan fingerprint density at radius 1 is 1.20 bits per heavy atom. The molecule has 112 valence electrons. The fourth-order valence-corrected chi connectivity index (χ4v) is 2.48. The van der Waals surface area contributed by atoms with Gasteiger partial charge >= 0.3 is 0 Å². The van der Waals surface area contributed by atoms with E-state index >= 15 is 0 Å². The molecule has 0 saturated heterocycles. The fraction of sp³-hybridized carbons (Fsp3) is 0.688. The number of nitrogens with zero attached hydrogens (tertiary/aromatic N) is 1. The van der Waals surface area contributed by atoms with Crippen LogP contribution in [0.15, 0.2) is 6.07 Å². The van der Waals surface area contributed by atoms with Crippen LogP contribution in [0.3, 0.4) is 0 Å². The third kappa shape index (κ3) is 4.18. The largest absolute Gasteiger partial charge is 0.475 e. The standard InChI is InChI=1S/C16H26N2O2/c1-2-3-8-19-9-10-20-16-14(12-17)11-13-6-4-5-7-15(13)18-16/h11H,2-10,12,17H2,1H3. The number of unbranched alkanes of at least 4 members (excludes halogenated alkanes) is 1. The lowest BCUT2D eigenvalue weighted by Crippen LogP contribution is -2.14. The first-order valence-corrected chi connectivity index (χ1v) is 7.77. The molecule has 0 amide bonds. The molecule has 0 aliphatic heterocycles. The predicted octanol–water partition coefficient (Wildman–Crippen LogP) is 2.61. The van der Waals surface area contributed by atoms with Crippen molar-refractivity contribution in [2.75, 3.05) is 19.8 Å². The van der Waals surface area contributed by atoms with Crippen molar-refractivity contribution in [1.82, 2.24) is 4.98 Å². The van der Waals surface area contributed by atoms with Gasteiger partial charge in [0.05, 0.1) is 6.61 Å². The van der Waals surface area contributed by atoms with Crippen LogP contribution >= 0.6 is 0 Å². The molecule has 4 nitrogen and oxygen atoms in total. The van der Waals surface area contributed by atoms with Crippen LogP contribution in [0.2, 0.25) is 0 Å². The van der Waals surface area contributed by atoms with Gasteiger partial charge in [-0.1, -0.05) is 13.3 Å². The van der Waals surface area contributed by atoms with Crippen LogP contribution in [-0.4, -0.2) is 24.8 Å². The maximum atomic E-state index is 5.80. The van der Waals surface area contributed by atoms with Crippen molar-refractivity contribution in [3.05, 3.63) is 22.9 Å². The van der Waals surface area contributed by atoms with Crippen LogP contribution in [0.4, 0.5) is 0 Å². The van der Waals surface area contributed by atoms with Crippen LogP contribution in [0, 0.1) is 0 Å². The summed E-state index contributed by atoms with van der Waals surface area (Å²) in [6, 6.07) is 2.18. The molecule has 0 radical (unpaired) electrons. The summed E-state index contributed by atoms with van der Waals surface area (Å²) in [6.45, 7) is 4.60. The Kier molecular flexibility index (Phi) is 6.27. The van der Waals surface area contributed by atoms with E-state index in [1.54, 1.807) is 0 Å². The number of aryl methyl sites for hydroxylation is 2. The van der Waals surface area contributed by atoms with Crippen molar-refractivity contribution in [3.8, 4) is 5.88 Å². The molecular formula is C16H26N2O2. The van der Waals surface area contributed by atoms with E-state index < -0.39 is 0 Å². The maximum absolute atomic E-state index is 5.80. The van der Waals surface area contributed by atoms with E-state index in [1.165, 1.54) is 24.1 Å². The highest BCUT2D eigenvalue weighted by Gasteiger charge is 2.15. The van der Waals surface area contributed by atoms with Crippen molar-refractivity contribution < 1.29 is 9.47 Å². The van der Waals surface area contributed by atoms with Gasteiger partial charge in [-0.15, -0.1) is 0 Å². The average molecular weight is 278 g/mol. The summed E-state index contributed by atoms with van der Waals surface area (Å²) in [5.41, 5.74) is 9.36. The summed E-state index contributed by atoms with van der Waals surface area (Å²) in [6.07, 6.45) is 6.92. The molecule has 0 spiro atoms. The van der Waals surface area contributed by atoms with E-state index in [0.29, 0.717) is 25.6 Å². The van der Waals surface area contributed by atoms with Gasteiger partial charge in [0.2, 0.25) is 5.88 Å². The molecule has 0 bridgehead atoms. The van der Waals surface area contributed by atoms with Gasteiger partial charge in [0.1, 0.15) is 6.61 Å². The van der Waals surface area contributed by atoms with Gasteiger partial charge in [0, 0.05) is 24.4 Å². The minimum absolute atomic E-state index is 0.478. The average Bonchev–Trinajstić information content (AvgIpc) is 2.50. The molecule has 20 heavy (non-hydrogen) atoms. The summed E-state index contributed by atoms with van der Waals surface area (Å²) in [4.78, 5) is 4.66. The SMILES string of the molecule is CCCCOCCOc1nc2c(cc1CN)CCCC2. The van der Waals surface area contributed by atoms with Gasteiger partial charge in [-0.2, -0.15) is 0 Å². The van der Waals surface area contributed by atoms with E-state index in [0.717, 1.165) is 37.9 Å². The van der Waals surface area contributed by atoms with Gasteiger partial charge in [-0.3, -0.25) is 0 Å². The summed E-state index contributed by atoms with van der Waals surface area (Å²) in [5, 5.41) is 0. The van der Waals surface area contributed by atoms with Crippen molar-refractivity contribution >= 4 is 0 Å². The molecule has 0 atom stereocenters. The molecule has 4 heteroatoms. The lowest BCUT2D eigenvalue weighted by Gasteiger charge is -2.18. The molecule has 1 aliphatic carbocycles. The number of hydrogen-bond donors (Lipinski definition) is 1. The van der Waals surface area contributed by atoms with Gasteiger partial charge in [0.15, 0.2) is 0 Å². The molecule has 0 unspecified atom stereocenters. The zero-order valence-electron chi connectivity index (χ0n) is 12.5. The molecule has 2 rings (SSSR count). The zero-order chi connectivity index (χ0) is 14.2. The second-order valence-corrected chi connectivity index (χ2v) is 5.28. The molecule has 1 heterocycles. The van der Waals surface area contributed by atoms with Crippen molar-refractivity contribution in [1.29, 1.82) is 0 Å². The molecule has 2 N–H and O–H groups in total. The van der Waals surface area contributed by atoms with E-state index in [1.807, 2.05) is 0 Å². The van der Waals surface area contributed by atoms with Gasteiger partial charge < -0.3 is 15.2 Å². The second kappa shape index (κ2) is 8.22. The minimum atomic E-state index is 0.478. The summed E-state index contributed by atoms with van der Waals surface area (Å²) < 4.78 is 11.3.